The van der Waals surface area contributed by atoms with Gasteiger partial charge in [-0.05, 0) is 26.3 Å². The van der Waals surface area contributed by atoms with Crippen LogP contribution in [0.5, 0.6) is 5.75 Å². The predicted octanol–water partition coefficient (Wildman–Crippen LogP) is 2.50. The lowest BCUT2D eigenvalue weighted by Gasteiger charge is -2.41. The average molecular weight is 274 g/mol. The maximum atomic E-state index is 12.8. The highest BCUT2D eigenvalue weighted by atomic mass is 16.5. The van der Waals surface area contributed by atoms with Gasteiger partial charge in [0.25, 0.3) is 0 Å². The fraction of sp³-hybridized carbons (Fsp3) is 0.500. The molecule has 0 radical (unpaired) electrons. The van der Waals surface area contributed by atoms with Crippen molar-refractivity contribution in [1.82, 2.24) is 0 Å². The second-order valence-electron chi connectivity index (χ2n) is 5.63. The van der Waals surface area contributed by atoms with Gasteiger partial charge in [0.05, 0.1) is 30.8 Å². The molecule has 0 bridgehead atoms. The zero-order valence-corrected chi connectivity index (χ0v) is 11.9. The van der Waals surface area contributed by atoms with E-state index in [0.29, 0.717) is 23.3 Å². The van der Waals surface area contributed by atoms with Crippen LogP contribution in [0.25, 0.3) is 0 Å². The zero-order chi connectivity index (χ0) is 14.4. The number of carbonyl (C=O) groups excluding carboxylic acids is 2. The number of rotatable bonds is 1. The van der Waals surface area contributed by atoms with Crippen LogP contribution in [0.15, 0.2) is 18.2 Å². The molecular formula is C16H18O4. The van der Waals surface area contributed by atoms with Crippen molar-refractivity contribution in [3.05, 3.63) is 29.3 Å². The lowest BCUT2D eigenvalue weighted by Crippen LogP contribution is -2.49. The molecular weight excluding hydrogens is 256 g/mol. The summed E-state index contributed by atoms with van der Waals surface area (Å²) < 4.78 is 11.0. The lowest BCUT2D eigenvalue weighted by molar-refractivity contribution is -0.0745. The van der Waals surface area contributed by atoms with Gasteiger partial charge in [-0.1, -0.05) is 12.1 Å². The lowest BCUT2D eigenvalue weighted by atomic mass is 9.68. The molecule has 3 rings (SSSR count). The molecule has 0 amide bonds. The van der Waals surface area contributed by atoms with Crippen molar-refractivity contribution in [2.45, 2.75) is 32.5 Å². The highest BCUT2D eigenvalue weighted by molar-refractivity contribution is 6.17. The maximum Gasteiger partial charge on any atom is 0.173 e. The number of methoxy groups -OCH3 is 1. The summed E-state index contributed by atoms with van der Waals surface area (Å²) in [5.74, 6) is -0.152. The molecule has 4 nitrogen and oxygen atoms in total. The van der Waals surface area contributed by atoms with E-state index in [1.54, 1.807) is 18.2 Å². The summed E-state index contributed by atoms with van der Waals surface area (Å²) in [7, 11) is 1.52. The van der Waals surface area contributed by atoms with Crippen molar-refractivity contribution in [3.63, 3.8) is 0 Å². The molecule has 0 N–H and O–H groups in total. The van der Waals surface area contributed by atoms with Gasteiger partial charge in [-0.3, -0.25) is 9.59 Å². The number of benzene rings is 1. The molecule has 106 valence electrons. The first-order chi connectivity index (χ1) is 9.54. The van der Waals surface area contributed by atoms with E-state index in [1.807, 2.05) is 13.8 Å². The van der Waals surface area contributed by atoms with E-state index in [1.165, 1.54) is 7.11 Å². The highest BCUT2D eigenvalue weighted by Gasteiger charge is 2.48. The number of Topliss-reactive ketones (excluding diaryl/α,β-unsaturated/α-hetero) is 2. The normalized spacial score (nSPS) is 32.5. The first kappa shape index (κ1) is 13.3. The molecule has 4 atom stereocenters. The van der Waals surface area contributed by atoms with E-state index in [-0.39, 0.29) is 35.6 Å². The average Bonchev–Trinajstić information content (AvgIpc) is 2.43. The Labute approximate surface area is 118 Å². The second-order valence-corrected chi connectivity index (χ2v) is 5.63. The summed E-state index contributed by atoms with van der Waals surface area (Å²) in [6.45, 7) is 3.82. The first-order valence-corrected chi connectivity index (χ1v) is 6.95. The Morgan fingerprint density at radius 1 is 1.20 bits per heavy atom. The third-order valence-corrected chi connectivity index (χ3v) is 4.37. The zero-order valence-electron chi connectivity index (χ0n) is 11.9. The van der Waals surface area contributed by atoms with Crippen molar-refractivity contribution in [2.75, 3.05) is 7.11 Å². The minimum absolute atomic E-state index is 0.00941. The SMILES string of the molecule is COc1cccc2c1C(=O)C1C(C[C@@H](C)O[C@H]1C)C2=O. The third-order valence-electron chi connectivity index (χ3n) is 4.37. The number of hydrogen-bond donors (Lipinski definition) is 0. The Morgan fingerprint density at radius 3 is 2.65 bits per heavy atom. The van der Waals surface area contributed by atoms with Crippen molar-refractivity contribution in [3.8, 4) is 5.75 Å². The van der Waals surface area contributed by atoms with Gasteiger partial charge in [0.15, 0.2) is 11.6 Å². The first-order valence-electron chi connectivity index (χ1n) is 6.95. The van der Waals surface area contributed by atoms with Gasteiger partial charge >= 0.3 is 0 Å². The molecule has 0 saturated carbocycles. The second kappa shape index (κ2) is 4.70. The van der Waals surface area contributed by atoms with E-state index in [9.17, 15) is 9.59 Å². The van der Waals surface area contributed by atoms with Crippen LogP contribution in [0.2, 0.25) is 0 Å². The molecule has 4 heteroatoms. The van der Waals surface area contributed by atoms with E-state index < -0.39 is 0 Å². The molecule has 0 spiro atoms. The van der Waals surface area contributed by atoms with Gasteiger partial charge in [0.1, 0.15) is 5.75 Å². The van der Waals surface area contributed by atoms with Crippen molar-refractivity contribution >= 4 is 11.6 Å². The van der Waals surface area contributed by atoms with E-state index in [4.69, 9.17) is 9.47 Å². The molecule has 2 aliphatic rings. The quantitative estimate of drug-likeness (QED) is 0.789. The van der Waals surface area contributed by atoms with Crippen LogP contribution in [0.4, 0.5) is 0 Å². The molecule has 1 aliphatic heterocycles. The van der Waals surface area contributed by atoms with E-state index >= 15 is 0 Å². The predicted molar refractivity (Wildman–Crippen MR) is 73.3 cm³/mol. The summed E-state index contributed by atoms with van der Waals surface area (Å²) in [5.41, 5.74) is 0.920. The summed E-state index contributed by atoms with van der Waals surface area (Å²) in [6, 6.07) is 5.20. The molecule has 2 unspecified atom stereocenters. The van der Waals surface area contributed by atoms with Crippen LogP contribution >= 0.6 is 0 Å². The van der Waals surface area contributed by atoms with Crippen molar-refractivity contribution in [1.29, 1.82) is 0 Å². The Balaban J connectivity index is 2.15. The summed E-state index contributed by atoms with van der Waals surface area (Å²) in [5, 5.41) is 0. The number of carbonyl (C=O) groups is 2. The Hall–Kier alpha value is -1.68. The van der Waals surface area contributed by atoms with Gasteiger partial charge in [0.2, 0.25) is 0 Å². The minimum atomic E-state index is -0.387. The third kappa shape index (κ3) is 1.79. The molecule has 1 aromatic rings. The molecule has 1 aromatic carbocycles. The highest BCUT2D eigenvalue weighted by Crippen LogP contribution is 2.42. The topological polar surface area (TPSA) is 52.6 Å². The van der Waals surface area contributed by atoms with Crippen LogP contribution in [-0.2, 0) is 4.74 Å². The summed E-state index contributed by atoms with van der Waals surface area (Å²) in [4.78, 5) is 25.5. The van der Waals surface area contributed by atoms with Gasteiger partial charge in [0, 0.05) is 11.5 Å². The molecule has 1 fully saturated rings. The van der Waals surface area contributed by atoms with Gasteiger partial charge in [-0.25, -0.2) is 0 Å². The standard InChI is InChI=1S/C16H18O4/c1-8-7-11-13(9(2)20-8)16(18)14-10(15(11)17)5-4-6-12(14)19-3/h4-6,8-9,11,13H,7H2,1-3H3/t8-,9+,11?,13?/m1/s1. The largest absolute Gasteiger partial charge is 0.496 e. The van der Waals surface area contributed by atoms with Crippen molar-refractivity contribution < 1.29 is 19.1 Å². The van der Waals surface area contributed by atoms with Gasteiger partial charge < -0.3 is 9.47 Å². The minimum Gasteiger partial charge on any atom is -0.496 e. The number of hydrogen-bond acceptors (Lipinski definition) is 4. The van der Waals surface area contributed by atoms with Gasteiger partial charge in [-0.2, -0.15) is 0 Å². The fourth-order valence-electron chi connectivity index (χ4n) is 3.53. The monoisotopic (exact) mass is 274 g/mol. The van der Waals surface area contributed by atoms with Crippen LogP contribution in [0, 0.1) is 11.8 Å². The Morgan fingerprint density at radius 2 is 1.95 bits per heavy atom. The molecule has 1 saturated heterocycles. The number of ketones is 2. The van der Waals surface area contributed by atoms with Crippen LogP contribution in [0.3, 0.4) is 0 Å². The molecule has 20 heavy (non-hydrogen) atoms. The molecule has 1 aliphatic carbocycles. The maximum absolute atomic E-state index is 12.8. The van der Waals surface area contributed by atoms with Crippen LogP contribution < -0.4 is 4.74 Å². The molecule has 1 heterocycles. The fourth-order valence-corrected chi connectivity index (χ4v) is 3.53. The van der Waals surface area contributed by atoms with Crippen LogP contribution in [-0.4, -0.2) is 30.9 Å². The Kier molecular flexibility index (Phi) is 3.13. The van der Waals surface area contributed by atoms with Gasteiger partial charge in [-0.15, -0.1) is 0 Å². The van der Waals surface area contributed by atoms with E-state index in [0.717, 1.165) is 0 Å². The van der Waals surface area contributed by atoms with Crippen LogP contribution in [0.1, 0.15) is 41.0 Å². The molecule has 0 aromatic heterocycles. The smallest absolute Gasteiger partial charge is 0.173 e. The Bertz CT molecular complexity index is 578. The number of ether oxygens (including phenoxy) is 2. The van der Waals surface area contributed by atoms with E-state index in [2.05, 4.69) is 0 Å². The van der Waals surface area contributed by atoms with Crippen molar-refractivity contribution in [2.24, 2.45) is 11.8 Å². The summed E-state index contributed by atoms with van der Waals surface area (Å²) >= 11 is 0. The summed E-state index contributed by atoms with van der Waals surface area (Å²) in [6.07, 6.45) is 0.379. The number of fused-ring (bicyclic) bond motifs is 2.